The summed E-state index contributed by atoms with van der Waals surface area (Å²) in [6.45, 7) is 7.73. The summed E-state index contributed by atoms with van der Waals surface area (Å²) in [6, 6.07) is 11.4. The van der Waals surface area contributed by atoms with Crippen LogP contribution in [0.2, 0.25) is 0 Å². The average Bonchev–Trinajstić information content (AvgIpc) is 3.16. The third-order valence-corrected chi connectivity index (χ3v) is 5.82. The van der Waals surface area contributed by atoms with E-state index in [4.69, 9.17) is 4.52 Å². The van der Waals surface area contributed by atoms with Crippen molar-refractivity contribution in [1.82, 2.24) is 20.4 Å². The largest absolute Gasteiger partial charge is 0.349 e. The molecular weight excluding hydrogens is 406 g/mol. The molecule has 0 spiro atoms. The molecule has 0 unspecified atom stereocenters. The molecule has 3 aromatic rings. The number of carbonyl (C=O) groups is 2. The minimum Gasteiger partial charge on any atom is -0.349 e. The first-order chi connectivity index (χ1) is 15.4. The van der Waals surface area contributed by atoms with Gasteiger partial charge in [0.25, 0.3) is 11.6 Å². The molecule has 0 atom stereocenters. The van der Waals surface area contributed by atoms with E-state index >= 15 is 0 Å². The van der Waals surface area contributed by atoms with E-state index in [1.165, 1.54) is 0 Å². The van der Waals surface area contributed by atoms with Crippen molar-refractivity contribution in [1.29, 1.82) is 0 Å². The fourth-order valence-corrected chi connectivity index (χ4v) is 4.01. The third-order valence-electron chi connectivity index (χ3n) is 5.82. The quantitative estimate of drug-likeness (QED) is 0.615. The second-order valence-corrected chi connectivity index (χ2v) is 8.64. The Labute approximate surface area is 187 Å². The summed E-state index contributed by atoms with van der Waals surface area (Å²) in [6.07, 6.45) is 1.58. The number of hydrogen-bond acceptors (Lipinski definition) is 6. The van der Waals surface area contributed by atoms with Gasteiger partial charge in [-0.2, -0.15) is 0 Å². The number of rotatable bonds is 6. The van der Waals surface area contributed by atoms with Gasteiger partial charge in [-0.05, 0) is 43.9 Å². The van der Waals surface area contributed by atoms with Gasteiger partial charge in [0.2, 0.25) is 5.91 Å². The normalized spacial score (nSPS) is 15.2. The highest BCUT2D eigenvalue weighted by molar-refractivity contribution is 6.06. The van der Waals surface area contributed by atoms with E-state index in [0.29, 0.717) is 28.9 Å². The Morgan fingerprint density at radius 2 is 1.91 bits per heavy atom. The van der Waals surface area contributed by atoms with Crippen LogP contribution in [-0.2, 0) is 4.79 Å². The van der Waals surface area contributed by atoms with Crippen LogP contribution in [0.15, 0.2) is 40.9 Å². The Morgan fingerprint density at radius 1 is 1.19 bits per heavy atom. The van der Waals surface area contributed by atoms with E-state index in [0.717, 1.165) is 37.3 Å². The number of para-hydroxylation sites is 1. The molecule has 0 bridgehead atoms. The molecule has 4 rings (SSSR count). The summed E-state index contributed by atoms with van der Waals surface area (Å²) >= 11 is 0. The molecule has 1 aromatic carbocycles. The van der Waals surface area contributed by atoms with E-state index in [9.17, 15) is 9.59 Å². The molecule has 0 aliphatic carbocycles. The topological polar surface area (TPSA) is 100 Å². The molecule has 8 nitrogen and oxygen atoms in total. The number of pyridine rings is 1. The van der Waals surface area contributed by atoms with Gasteiger partial charge in [0.05, 0.1) is 23.2 Å². The van der Waals surface area contributed by atoms with E-state index in [2.05, 4.69) is 25.7 Å². The van der Waals surface area contributed by atoms with Crippen molar-refractivity contribution in [2.45, 2.75) is 45.6 Å². The van der Waals surface area contributed by atoms with Gasteiger partial charge < -0.3 is 15.2 Å². The van der Waals surface area contributed by atoms with Crippen molar-refractivity contribution in [3.05, 3.63) is 53.3 Å². The molecule has 1 aliphatic rings. The highest BCUT2D eigenvalue weighted by atomic mass is 16.5. The lowest BCUT2D eigenvalue weighted by molar-refractivity contribution is -0.117. The predicted molar refractivity (Wildman–Crippen MR) is 123 cm³/mol. The molecule has 2 aromatic heterocycles. The van der Waals surface area contributed by atoms with E-state index in [-0.39, 0.29) is 23.8 Å². The second kappa shape index (κ2) is 9.48. The smallest absolute Gasteiger partial charge is 0.259 e. The first-order valence-electron chi connectivity index (χ1n) is 11.1. The van der Waals surface area contributed by atoms with Crippen molar-refractivity contribution in [3.63, 3.8) is 0 Å². The number of nitrogens with zero attached hydrogens (tertiary/aromatic N) is 3. The van der Waals surface area contributed by atoms with Gasteiger partial charge in [-0.25, -0.2) is 4.98 Å². The van der Waals surface area contributed by atoms with Gasteiger partial charge in [0.15, 0.2) is 0 Å². The van der Waals surface area contributed by atoms with Crippen LogP contribution >= 0.6 is 0 Å². The van der Waals surface area contributed by atoms with Gasteiger partial charge in [-0.15, -0.1) is 0 Å². The van der Waals surface area contributed by atoms with Crippen LogP contribution in [-0.4, -0.2) is 52.5 Å². The monoisotopic (exact) mass is 435 g/mol. The molecule has 0 saturated carbocycles. The molecule has 3 heterocycles. The van der Waals surface area contributed by atoms with E-state index in [1.807, 2.05) is 57.2 Å². The minimum atomic E-state index is -0.133. The molecule has 1 fully saturated rings. The molecule has 1 saturated heterocycles. The van der Waals surface area contributed by atoms with Crippen LogP contribution in [0.3, 0.4) is 0 Å². The first kappa shape index (κ1) is 22.0. The van der Waals surface area contributed by atoms with Crippen LogP contribution in [0.4, 0.5) is 5.69 Å². The molecule has 32 heavy (non-hydrogen) atoms. The van der Waals surface area contributed by atoms with Gasteiger partial charge in [-0.3, -0.25) is 14.5 Å². The van der Waals surface area contributed by atoms with Crippen molar-refractivity contribution in [3.8, 4) is 0 Å². The predicted octanol–water partition coefficient (Wildman–Crippen LogP) is 3.49. The lowest BCUT2D eigenvalue weighted by Gasteiger charge is -2.31. The zero-order valence-corrected chi connectivity index (χ0v) is 18.7. The number of aromatic nitrogens is 2. The highest BCUT2D eigenvalue weighted by Crippen LogP contribution is 2.25. The Bertz CT molecular complexity index is 1100. The molecule has 2 N–H and O–H groups in total. The number of amides is 2. The van der Waals surface area contributed by atoms with Crippen LogP contribution in [0.1, 0.15) is 54.4 Å². The number of piperidine rings is 1. The third kappa shape index (κ3) is 4.96. The highest BCUT2D eigenvalue weighted by Gasteiger charge is 2.25. The summed E-state index contributed by atoms with van der Waals surface area (Å²) in [5, 5.41) is 10.7. The lowest BCUT2D eigenvalue weighted by atomic mass is 10.0. The van der Waals surface area contributed by atoms with Crippen molar-refractivity contribution >= 4 is 28.6 Å². The van der Waals surface area contributed by atoms with Crippen LogP contribution in [0.5, 0.6) is 0 Å². The fourth-order valence-electron chi connectivity index (χ4n) is 4.01. The first-order valence-corrected chi connectivity index (χ1v) is 11.1. The molecule has 1 aliphatic heterocycles. The number of hydrogen-bond donors (Lipinski definition) is 2. The average molecular weight is 436 g/mol. The maximum Gasteiger partial charge on any atom is 0.259 e. The maximum atomic E-state index is 13.1. The number of carbonyl (C=O) groups excluding carboxylic acids is 2. The molecule has 2 amide bonds. The van der Waals surface area contributed by atoms with Crippen molar-refractivity contribution < 1.29 is 14.1 Å². The second-order valence-electron chi connectivity index (χ2n) is 8.64. The van der Waals surface area contributed by atoms with E-state index in [1.54, 1.807) is 0 Å². The Kier molecular flexibility index (Phi) is 6.50. The number of benzene rings is 1. The van der Waals surface area contributed by atoms with E-state index < -0.39 is 0 Å². The standard InChI is InChI=1S/C24H29N5O3/c1-15(2)20-13-19(22-16(3)28-32-24(22)27-20)23(31)26-18-9-11-29(12-10-18)14-21(30)25-17-7-5-4-6-8-17/h4-8,13,15,18H,9-12,14H2,1-3H3,(H,25,30)(H,26,31). The van der Waals surface area contributed by atoms with Gasteiger partial charge in [0.1, 0.15) is 0 Å². The Morgan fingerprint density at radius 3 is 2.59 bits per heavy atom. The molecular formula is C24H29N5O3. The van der Waals surface area contributed by atoms with Crippen LogP contribution in [0.25, 0.3) is 11.1 Å². The summed E-state index contributed by atoms with van der Waals surface area (Å²) in [5.41, 5.74) is 3.22. The lowest BCUT2D eigenvalue weighted by Crippen LogP contribution is -2.46. The van der Waals surface area contributed by atoms with Crippen LogP contribution in [0, 0.1) is 6.92 Å². The SMILES string of the molecule is Cc1noc2nc(C(C)C)cc(C(=O)NC3CCN(CC(=O)Nc4ccccc4)CC3)c12. The zero-order chi connectivity index (χ0) is 22.7. The number of anilines is 1. The van der Waals surface area contributed by atoms with Gasteiger partial charge in [-0.1, -0.05) is 37.2 Å². The minimum absolute atomic E-state index is 0.0259. The summed E-state index contributed by atoms with van der Waals surface area (Å²) in [7, 11) is 0. The number of aryl methyl sites for hydroxylation is 1. The van der Waals surface area contributed by atoms with Gasteiger partial charge in [0, 0.05) is 30.5 Å². The molecule has 8 heteroatoms. The number of fused-ring (bicyclic) bond motifs is 1. The zero-order valence-electron chi connectivity index (χ0n) is 18.7. The fraction of sp³-hybridized carbons (Fsp3) is 0.417. The van der Waals surface area contributed by atoms with Gasteiger partial charge >= 0.3 is 0 Å². The maximum absolute atomic E-state index is 13.1. The Balaban J connectivity index is 1.35. The molecule has 168 valence electrons. The van der Waals surface area contributed by atoms with Crippen molar-refractivity contribution in [2.24, 2.45) is 0 Å². The summed E-state index contributed by atoms with van der Waals surface area (Å²) in [5.74, 6) is 0.00880. The molecule has 0 radical (unpaired) electrons. The number of nitrogens with one attached hydrogen (secondary N) is 2. The summed E-state index contributed by atoms with van der Waals surface area (Å²) in [4.78, 5) is 32.0. The van der Waals surface area contributed by atoms with Crippen LogP contribution < -0.4 is 10.6 Å². The summed E-state index contributed by atoms with van der Waals surface area (Å²) < 4.78 is 5.33. The number of likely N-dealkylation sites (tertiary alicyclic amines) is 1. The Hall–Kier alpha value is -3.26. The van der Waals surface area contributed by atoms with Crippen molar-refractivity contribution in [2.75, 3.05) is 25.0 Å².